The molecular weight excluding hydrogens is 705 g/mol. The Balaban J connectivity index is 1.62. The summed E-state index contributed by atoms with van der Waals surface area (Å²) in [5.74, 6) is -1.76. The summed E-state index contributed by atoms with van der Waals surface area (Å²) < 4.78 is 29.0. The summed E-state index contributed by atoms with van der Waals surface area (Å²) in [6, 6.07) is 17.5. The van der Waals surface area contributed by atoms with Crippen LogP contribution in [-0.2, 0) is 32.6 Å². The third-order valence-corrected chi connectivity index (χ3v) is 11.0. The lowest BCUT2D eigenvalue weighted by atomic mass is 9.95. The number of nitro groups is 1. The van der Waals surface area contributed by atoms with Crippen LogP contribution in [0.2, 0.25) is 0 Å². The average molecular weight is 751 g/mol. The molecule has 1 fully saturated rings. The number of aliphatic hydroxyl groups is 1. The van der Waals surface area contributed by atoms with Gasteiger partial charge in [0.05, 0.1) is 34.7 Å². The Morgan fingerprint density at radius 2 is 1.68 bits per heavy atom. The van der Waals surface area contributed by atoms with E-state index in [9.17, 15) is 38.0 Å². The molecule has 16 heteroatoms. The number of carbonyl (C=O) groups excluding carboxylic acids is 3. The summed E-state index contributed by atoms with van der Waals surface area (Å²) in [5, 5.41) is 37.8. The van der Waals surface area contributed by atoms with Gasteiger partial charge in [0.2, 0.25) is 15.9 Å². The fraction of sp³-hybridized carbons (Fsp3) is 0.405. The molecule has 3 aromatic carbocycles. The summed E-state index contributed by atoms with van der Waals surface area (Å²) in [5.41, 5.74) is 1.42. The second-order valence-corrected chi connectivity index (χ2v) is 15.5. The van der Waals surface area contributed by atoms with Crippen LogP contribution >= 0.6 is 0 Å². The van der Waals surface area contributed by atoms with Crippen molar-refractivity contribution in [2.45, 2.75) is 70.2 Å². The van der Waals surface area contributed by atoms with Gasteiger partial charge < -0.3 is 20.5 Å². The van der Waals surface area contributed by atoms with Gasteiger partial charge in [-0.25, -0.2) is 13.2 Å². The number of amides is 4. The van der Waals surface area contributed by atoms with Crippen molar-refractivity contribution in [1.82, 2.24) is 19.4 Å². The molecule has 3 N–H and O–H groups in total. The predicted molar refractivity (Wildman–Crippen MR) is 196 cm³/mol. The molecule has 53 heavy (non-hydrogen) atoms. The maximum absolute atomic E-state index is 14.3. The van der Waals surface area contributed by atoms with Crippen LogP contribution in [0.4, 0.5) is 10.5 Å². The smallest absolute Gasteiger partial charge is 0.328 e. The fourth-order valence-corrected chi connectivity index (χ4v) is 7.81. The Labute approximate surface area is 309 Å². The summed E-state index contributed by atoms with van der Waals surface area (Å²) in [4.78, 5) is 54.0. The molecule has 2 unspecified atom stereocenters. The molecule has 3 aromatic rings. The number of rotatable bonds is 18. The van der Waals surface area contributed by atoms with Crippen LogP contribution in [0.15, 0.2) is 88.9 Å². The Morgan fingerprint density at radius 1 is 1.02 bits per heavy atom. The summed E-state index contributed by atoms with van der Waals surface area (Å²) in [7, 11) is -4.14. The topological polar surface area (TPSA) is 203 Å². The highest BCUT2D eigenvalue weighted by atomic mass is 32.2. The molecule has 0 bridgehead atoms. The van der Waals surface area contributed by atoms with Crippen LogP contribution in [0, 0.1) is 22.0 Å². The summed E-state index contributed by atoms with van der Waals surface area (Å²) in [6.45, 7) is 6.35. The third kappa shape index (κ3) is 10.2. The van der Waals surface area contributed by atoms with E-state index in [-0.39, 0.29) is 42.6 Å². The van der Waals surface area contributed by atoms with Crippen molar-refractivity contribution in [2.75, 3.05) is 19.6 Å². The van der Waals surface area contributed by atoms with Crippen LogP contribution in [0.25, 0.3) is 0 Å². The highest BCUT2D eigenvalue weighted by molar-refractivity contribution is 7.89. The minimum absolute atomic E-state index is 0.0344. The molecule has 0 spiro atoms. The van der Waals surface area contributed by atoms with Crippen LogP contribution in [0.1, 0.15) is 50.8 Å². The third-order valence-electron chi connectivity index (χ3n) is 9.11. The molecule has 4 rings (SSSR count). The lowest BCUT2D eigenvalue weighted by molar-refractivity contribution is -0.384. The predicted octanol–water partition coefficient (Wildman–Crippen LogP) is 4.02. The Kier molecular flexibility index (Phi) is 13.8. The quantitative estimate of drug-likeness (QED) is 0.0564. The molecule has 0 radical (unpaired) electrons. The number of non-ortho nitro benzene ring substituents is 1. The average Bonchev–Trinajstić information content (AvgIpc) is 3.39. The van der Waals surface area contributed by atoms with Gasteiger partial charge in [-0.3, -0.25) is 24.6 Å². The van der Waals surface area contributed by atoms with Crippen LogP contribution in [-0.4, -0.2) is 99.6 Å². The molecule has 0 saturated carbocycles. The van der Waals surface area contributed by atoms with Crippen molar-refractivity contribution in [2.24, 2.45) is 17.0 Å². The molecule has 4 amide bonds. The second kappa shape index (κ2) is 18.0. The first-order valence-corrected chi connectivity index (χ1v) is 18.7. The number of aliphatic hydroxyl groups excluding tert-OH is 1. The lowest BCUT2D eigenvalue weighted by Gasteiger charge is -2.34. The lowest BCUT2D eigenvalue weighted by Crippen LogP contribution is -2.57. The number of carbonyl (C=O) groups is 3. The molecule has 284 valence electrons. The van der Waals surface area contributed by atoms with E-state index in [4.69, 9.17) is 5.21 Å². The fourth-order valence-electron chi connectivity index (χ4n) is 6.19. The van der Waals surface area contributed by atoms with E-state index in [1.165, 1.54) is 51.7 Å². The SMILES string of the molecule is CCC(C)C(C(=O)N[C@@H](Cc1ccccc1)[C@H](O)CN(CC(C)C)S(=O)(=O)c1ccc(/C=N/O)cc1)N1CC(=O)N(Cc2cccc([N+](=O)[O-])c2)C1=O. The van der Waals surface area contributed by atoms with E-state index < -0.39 is 63.4 Å². The van der Waals surface area contributed by atoms with Gasteiger partial charge in [-0.05, 0) is 47.1 Å². The number of hydrogen-bond acceptors (Lipinski definition) is 10. The van der Waals surface area contributed by atoms with Crippen molar-refractivity contribution in [3.05, 3.63) is 106 Å². The van der Waals surface area contributed by atoms with E-state index in [0.717, 1.165) is 16.7 Å². The molecule has 1 saturated heterocycles. The zero-order valence-corrected chi connectivity index (χ0v) is 30.9. The zero-order chi connectivity index (χ0) is 38.9. The van der Waals surface area contributed by atoms with Gasteiger partial charge in [0.15, 0.2) is 0 Å². The molecule has 4 atom stereocenters. The van der Waals surface area contributed by atoms with Gasteiger partial charge in [-0.2, -0.15) is 4.31 Å². The number of benzene rings is 3. The molecule has 1 heterocycles. The first-order chi connectivity index (χ1) is 25.2. The van der Waals surface area contributed by atoms with E-state index in [0.29, 0.717) is 17.5 Å². The first-order valence-electron chi connectivity index (χ1n) is 17.3. The highest BCUT2D eigenvalue weighted by Gasteiger charge is 2.45. The first kappa shape index (κ1) is 40.6. The minimum atomic E-state index is -4.14. The second-order valence-electron chi connectivity index (χ2n) is 13.5. The molecular formula is C37H46N6O9S. The molecule has 1 aliphatic rings. The Hall–Kier alpha value is -5.19. The van der Waals surface area contributed by atoms with E-state index in [1.54, 1.807) is 25.1 Å². The summed E-state index contributed by atoms with van der Waals surface area (Å²) >= 11 is 0. The monoisotopic (exact) mass is 750 g/mol. The van der Waals surface area contributed by atoms with Gasteiger partial charge in [-0.1, -0.05) is 93.9 Å². The molecule has 1 aliphatic heterocycles. The number of nitro benzene ring substituents is 1. The normalized spacial score (nSPS) is 16.0. The van der Waals surface area contributed by atoms with Crippen LogP contribution in [0.3, 0.4) is 0 Å². The maximum Gasteiger partial charge on any atom is 0.328 e. The van der Waals surface area contributed by atoms with E-state index >= 15 is 0 Å². The number of sulfonamides is 1. The molecule has 0 aliphatic carbocycles. The van der Waals surface area contributed by atoms with Crippen molar-refractivity contribution in [3.8, 4) is 0 Å². The van der Waals surface area contributed by atoms with E-state index in [2.05, 4.69) is 10.5 Å². The van der Waals surface area contributed by atoms with Crippen molar-refractivity contribution < 1.29 is 38.0 Å². The van der Waals surface area contributed by atoms with Gasteiger partial charge in [0, 0.05) is 25.2 Å². The number of urea groups is 1. The van der Waals surface area contributed by atoms with Crippen molar-refractivity contribution >= 4 is 39.8 Å². The Morgan fingerprint density at radius 3 is 2.28 bits per heavy atom. The molecule has 15 nitrogen and oxygen atoms in total. The van der Waals surface area contributed by atoms with Crippen molar-refractivity contribution in [1.29, 1.82) is 0 Å². The minimum Gasteiger partial charge on any atom is -0.411 e. The standard InChI is InChI=1S/C37H46N6O9S/c1-5-26(4)35(42-24-34(45)41(37(42)47)22-29-12-9-13-30(18-29)43(49)50)36(46)39-32(19-27-10-7-6-8-11-27)33(44)23-40(21-25(2)3)53(51,52)31-16-14-28(15-17-31)20-38-48/h6-18,20,25-26,32-33,35,44,48H,5,19,21-24H2,1-4H3,(H,39,46)/b38-20+/t26?,32-,33+,35?/m0/s1. The van der Waals surface area contributed by atoms with E-state index in [1.807, 2.05) is 39.0 Å². The van der Waals surface area contributed by atoms with Crippen LogP contribution in [0.5, 0.6) is 0 Å². The largest absolute Gasteiger partial charge is 0.411 e. The number of imide groups is 1. The van der Waals surface area contributed by atoms with Gasteiger partial charge in [0.25, 0.3) is 11.6 Å². The van der Waals surface area contributed by atoms with Gasteiger partial charge in [0.1, 0.15) is 12.6 Å². The number of oxime groups is 1. The van der Waals surface area contributed by atoms with Gasteiger partial charge >= 0.3 is 6.03 Å². The number of hydrogen-bond donors (Lipinski definition) is 3. The number of nitrogens with one attached hydrogen (secondary N) is 1. The maximum atomic E-state index is 14.3. The van der Waals surface area contributed by atoms with Crippen molar-refractivity contribution in [3.63, 3.8) is 0 Å². The zero-order valence-electron chi connectivity index (χ0n) is 30.1. The van der Waals surface area contributed by atoms with Gasteiger partial charge in [-0.15, -0.1) is 0 Å². The molecule has 0 aromatic heterocycles. The number of nitrogens with zero attached hydrogens (tertiary/aromatic N) is 5. The summed E-state index contributed by atoms with van der Waals surface area (Å²) in [6.07, 6.45) is 0.330. The highest BCUT2D eigenvalue weighted by Crippen LogP contribution is 2.25. The Bertz CT molecular complexity index is 1890. The van der Waals surface area contributed by atoms with Crippen LogP contribution < -0.4 is 5.32 Å².